The van der Waals surface area contributed by atoms with Gasteiger partial charge in [-0.1, -0.05) is 0 Å². The Bertz CT molecular complexity index is 738. The fourth-order valence-corrected chi connectivity index (χ4v) is 3.03. The van der Waals surface area contributed by atoms with Crippen LogP contribution in [0.15, 0.2) is 58.3 Å². The van der Waals surface area contributed by atoms with Gasteiger partial charge in [-0.15, -0.1) is 0 Å². The summed E-state index contributed by atoms with van der Waals surface area (Å²) in [6.07, 6.45) is 0. The molecule has 110 valence electrons. The number of anilines is 2. The van der Waals surface area contributed by atoms with E-state index in [9.17, 15) is 13.2 Å². The molecule has 0 saturated heterocycles. The van der Waals surface area contributed by atoms with Crippen LogP contribution in [0.25, 0.3) is 0 Å². The lowest BCUT2D eigenvalue weighted by molar-refractivity contribution is -0.114. The van der Waals surface area contributed by atoms with Gasteiger partial charge in [0, 0.05) is 12.6 Å². The van der Waals surface area contributed by atoms with E-state index in [1.807, 2.05) is 5.48 Å². The number of nitrogens with one attached hydrogen (secondary N) is 2. The van der Waals surface area contributed by atoms with Crippen LogP contribution in [-0.4, -0.2) is 19.5 Å². The Kier molecular flexibility index (Phi) is 4.25. The fraction of sp³-hybridized carbons (Fsp3) is 0.0714. The van der Waals surface area contributed by atoms with Crippen LogP contribution >= 0.6 is 0 Å². The van der Waals surface area contributed by atoms with E-state index in [0.717, 1.165) is 0 Å². The van der Waals surface area contributed by atoms with Gasteiger partial charge in [-0.25, -0.2) is 8.42 Å². The summed E-state index contributed by atoms with van der Waals surface area (Å²) in [6, 6.07) is 11.6. The van der Waals surface area contributed by atoms with Crippen molar-refractivity contribution in [2.45, 2.75) is 16.7 Å². The maximum atomic E-state index is 12.4. The summed E-state index contributed by atoms with van der Waals surface area (Å²) in [5, 5.41) is 11.3. The second-order valence-corrected chi connectivity index (χ2v) is 6.29. The molecular formula is C14H14N2O4S. The molecule has 21 heavy (non-hydrogen) atoms. The number of rotatable bonds is 4. The highest BCUT2D eigenvalue weighted by molar-refractivity contribution is 7.91. The van der Waals surface area contributed by atoms with E-state index in [1.165, 1.54) is 55.5 Å². The molecule has 0 fully saturated rings. The minimum atomic E-state index is -3.63. The molecule has 1 amide bonds. The number of carbonyl (C=O) groups excluding carboxylic acids is 1. The van der Waals surface area contributed by atoms with Gasteiger partial charge in [-0.3, -0.25) is 15.5 Å². The van der Waals surface area contributed by atoms with Crippen LogP contribution in [0.1, 0.15) is 6.92 Å². The van der Waals surface area contributed by atoms with Gasteiger partial charge in [-0.05, 0) is 48.5 Å². The molecule has 2 aromatic rings. The minimum Gasteiger partial charge on any atom is -0.326 e. The van der Waals surface area contributed by atoms with E-state index in [2.05, 4.69) is 5.32 Å². The quantitative estimate of drug-likeness (QED) is 0.753. The van der Waals surface area contributed by atoms with Crippen LogP contribution in [0.3, 0.4) is 0 Å². The SMILES string of the molecule is CC(=O)Nc1ccc(S(=O)(=O)c2ccc(NO)cc2)cc1. The van der Waals surface area contributed by atoms with Crippen molar-refractivity contribution in [2.75, 3.05) is 10.8 Å². The van der Waals surface area contributed by atoms with E-state index in [1.54, 1.807) is 0 Å². The summed E-state index contributed by atoms with van der Waals surface area (Å²) < 4.78 is 24.8. The topological polar surface area (TPSA) is 95.5 Å². The standard InChI is InChI=1S/C14H14N2O4S/c1-10(17)15-11-2-6-13(7-3-11)21(19,20)14-8-4-12(16-18)5-9-14/h2-9,16,18H,1H3,(H,15,17). The van der Waals surface area contributed by atoms with Crippen LogP contribution < -0.4 is 10.8 Å². The smallest absolute Gasteiger partial charge is 0.221 e. The van der Waals surface area contributed by atoms with Crippen molar-refractivity contribution in [1.82, 2.24) is 0 Å². The summed E-state index contributed by atoms with van der Waals surface area (Å²) in [5.74, 6) is -0.224. The molecule has 0 aliphatic carbocycles. The normalized spacial score (nSPS) is 11.0. The lowest BCUT2D eigenvalue weighted by atomic mass is 10.3. The van der Waals surface area contributed by atoms with Gasteiger partial charge in [0.1, 0.15) is 0 Å². The van der Waals surface area contributed by atoms with Crippen molar-refractivity contribution in [3.05, 3.63) is 48.5 Å². The Balaban J connectivity index is 2.32. The molecule has 0 radical (unpaired) electrons. The first-order valence-corrected chi connectivity index (χ1v) is 7.55. The van der Waals surface area contributed by atoms with Crippen molar-refractivity contribution < 1.29 is 18.4 Å². The number of hydrogen-bond donors (Lipinski definition) is 3. The number of carbonyl (C=O) groups is 1. The Morgan fingerprint density at radius 2 is 1.33 bits per heavy atom. The maximum Gasteiger partial charge on any atom is 0.221 e. The third-order valence-electron chi connectivity index (χ3n) is 2.78. The molecule has 0 aliphatic heterocycles. The zero-order valence-electron chi connectivity index (χ0n) is 11.2. The predicted octanol–water partition coefficient (Wildman–Crippen LogP) is 2.28. The third kappa shape index (κ3) is 3.39. The zero-order chi connectivity index (χ0) is 15.5. The van der Waals surface area contributed by atoms with Gasteiger partial charge < -0.3 is 5.32 Å². The predicted molar refractivity (Wildman–Crippen MR) is 78.0 cm³/mol. The molecule has 3 N–H and O–H groups in total. The van der Waals surface area contributed by atoms with Gasteiger partial charge in [0.05, 0.1) is 15.5 Å². The average molecular weight is 306 g/mol. The fourth-order valence-electron chi connectivity index (χ4n) is 1.77. The zero-order valence-corrected chi connectivity index (χ0v) is 12.0. The number of sulfone groups is 1. The molecule has 2 rings (SSSR count). The van der Waals surface area contributed by atoms with Crippen molar-refractivity contribution in [1.29, 1.82) is 0 Å². The third-order valence-corrected chi connectivity index (χ3v) is 4.56. The van der Waals surface area contributed by atoms with Crippen molar-refractivity contribution in [3.8, 4) is 0 Å². The molecule has 6 nitrogen and oxygen atoms in total. The summed E-state index contributed by atoms with van der Waals surface area (Å²) in [7, 11) is -3.63. The van der Waals surface area contributed by atoms with Crippen LogP contribution in [-0.2, 0) is 14.6 Å². The molecule has 0 spiro atoms. The first kappa shape index (κ1) is 15.0. The average Bonchev–Trinajstić information content (AvgIpc) is 2.47. The number of amides is 1. The molecule has 0 bridgehead atoms. The lowest BCUT2D eigenvalue weighted by Gasteiger charge is -2.07. The molecule has 0 heterocycles. The molecule has 0 saturated carbocycles. The van der Waals surface area contributed by atoms with E-state index in [-0.39, 0.29) is 15.7 Å². The largest absolute Gasteiger partial charge is 0.326 e. The van der Waals surface area contributed by atoms with Crippen LogP contribution in [0, 0.1) is 0 Å². The Morgan fingerprint density at radius 1 is 0.905 bits per heavy atom. The molecule has 0 atom stereocenters. The van der Waals surface area contributed by atoms with E-state index in [0.29, 0.717) is 11.4 Å². The van der Waals surface area contributed by atoms with Crippen LogP contribution in [0.5, 0.6) is 0 Å². The highest BCUT2D eigenvalue weighted by Crippen LogP contribution is 2.23. The van der Waals surface area contributed by atoms with E-state index in [4.69, 9.17) is 5.21 Å². The molecule has 2 aromatic carbocycles. The first-order valence-electron chi connectivity index (χ1n) is 6.06. The van der Waals surface area contributed by atoms with E-state index >= 15 is 0 Å². The van der Waals surface area contributed by atoms with Crippen molar-refractivity contribution in [3.63, 3.8) is 0 Å². The summed E-state index contributed by atoms with van der Waals surface area (Å²) in [4.78, 5) is 11.2. The minimum absolute atomic E-state index is 0.119. The number of hydrogen-bond acceptors (Lipinski definition) is 5. The van der Waals surface area contributed by atoms with E-state index < -0.39 is 9.84 Å². The Hall–Kier alpha value is -2.38. The molecule has 0 unspecified atom stereocenters. The van der Waals surface area contributed by atoms with Gasteiger partial charge in [-0.2, -0.15) is 0 Å². The summed E-state index contributed by atoms with van der Waals surface area (Å²) in [6.45, 7) is 1.38. The van der Waals surface area contributed by atoms with Crippen LogP contribution in [0.2, 0.25) is 0 Å². The first-order chi connectivity index (χ1) is 9.93. The monoisotopic (exact) mass is 306 g/mol. The van der Waals surface area contributed by atoms with Gasteiger partial charge in [0.2, 0.25) is 15.7 Å². The highest BCUT2D eigenvalue weighted by atomic mass is 32.2. The second kappa shape index (κ2) is 5.94. The highest BCUT2D eigenvalue weighted by Gasteiger charge is 2.17. The maximum absolute atomic E-state index is 12.4. The van der Waals surface area contributed by atoms with Gasteiger partial charge in [0.25, 0.3) is 0 Å². The Labute approximate surface area is 122 Å². The molecule has 0 aliphatic rings. The van der Waals surface area contributed by atoms with Gasteiger partial charge >= 0.3 is 0 Å². The summed E-state index contributed by atoms with van der Waals surface area (Å²) >= 11 is 0. The van der Waals surface area contributed by atoms with Crippen molar-refractivity contribution >= 4 is 27.1 Å². The molecule has 7 heteroatoms. The Morgan fingerprint density at radius 3 is 1.71 bits per heavy atom. The second-order valence-electron chi connectivity index (χ2n) is 4.35. The number of benzene rings is 2. The van der Waals surface area contributed by atoms with Crippen molar-refractivity contribution in [2.24, 2.45) is 0 Å². The molecule has 0 aromatic heterocycles. The lowest BCUT2D eigenvalue weighted by Crippen LogP contribution is -2.06. The molecular weight excluding hydrogens is 292 g/mol. The van der Waals surface area contributed by atoms with Crippen LogP contribution in [0.4, 0.5) is 11.4 Å². The van der Waals surface area contributed by atoms with Gasteiger partial charge in [0.15, 0.2) is 0 Å². The summed E-state index contributed by atoms with van der Waals surface area (Å²) in [5.41, 5.74) is 2.86.